The molecule has 0 saturated carbocycles. The molecule has 1 aromatic rings. The average Bonchev–Trinajstić information content (AvgIpc) is 2.90. The Hall–Kier alpha value is -1.39. The maximum Gasteiger partial charge on any atom is 0.236 e. The predicted octanol–water partition coefficient (Wildman–Crippen LogP) is 1.67. The van der Waals surface area contributed by atoms with Crippen molar-refractivity contribution in [2.45, 2.75) is 26.0 Å². The molecule has 1 atom stereocenters. The van der Waals surface area contributed by atoms with Crippen molar-refractivity contribution in [3.05, 3.63) is 35.4 Å². The van der Waals surface area contributed by atoms with E-state index >= 15 is 0 Å². The van der Waals surface area contributed by atoms with Crippen molar-refractivity contribution in [2.24, 2.45) is 0 Å². The fourth-order valence-electron chi connectivity index (χ4n) is 2.54. The van der Waals surface area contributed by atoms with Gasteiger partial charge in [0, 0.05) is 26.7 Å². The van der Waals surface area contributed by atoms with Gasteiger partial charge in [-0.2, -0.15) is 0 Å². The molecule has 0 N–H and O–H groups in total. The summed E-state index contributed by atoms with van der Waals surface area (Å²) in [5.74, 6) is 0.194. The summed E-state index contributed by atoms with van der Waals surface area (Å²) in [6, 6.07) is 8.45. The maximum atomic E-state index is 12.2. The van der Waals surface area contributed by atoms with E-state index in [2.05, 4.69) is 36.1 Å². The van der Waals surface area contributed by atoms with E-state index in [-0.39, 0.29) is 12.0 Å². The predicted molar refractivity (Wildman–Crippen MR) is 79.5 cm³/mol. The Morgan fingerprint density at radius 1 is 1.40 bits per heavy atom. The Morgan fingerprint density at radius 3 is 2.70 bits per heavy atom. The zero-order valence-electron chi connectivity index (χ0n) is 12.6. The fraction of sp³-hybridized carbons (Fsp3) is 0.562. The number of ether oxygens (including phenoxy) is 1. The molecule has 0 radical (unpaired) electrons. The van der Waals surface area contributed by atoms with Gasteiger partial charge in [-0.3, -0.25) is 9.69 Å². The van der Waals surface area contributed by atoms with Gasteiger partial charge in [0.2, 0.25) is 5.91 Å². The quantitative estimate of drug-likeness (QED) is 0.820. The van der Waals surface area contributed by atoms with Crippen LogP contribution in [0.25, 0.3) is 0 Å². The molecule has 1 aromatic carbocycles. The number of likely N-dealkylation sites (N-methyl/N-ethyl adjacent to an activating group) is 1. The van der Waals surface area contributed by atoms with Crippen molar-refractivity contribution >= 4 is 5.91 Å². The lowest BCUT2D eigenvalue weighted by atomic mass is 10.1. The van der Waals surface area contributed by atoms with Crippen LogP contribution in [0.15, 0.2) is 24.3 Å². The topological polar surface area (TPSA) is 32.8 Å². The summed E-state index contributed by atoms with van der Waals surface area (Å²) in [5.41, 5.74) is 2.50. The lowest BCUT2D eigenvalue weighted by Crippen LogP contribution is -2.38. The van der Waals surface area contributed by atoms with Crippen molar-refractivity contribution in [1.82, 2.24) is 9.80 Å². The number of carbonyl (C=O) groups is 1. The summed E-state index contributed by atoms with van der Waals surface area (Å²) < 4.78 is 5.30. The first kappa shape index (κ1) is 15.0. The number of carbonyl (C=O) groups excluding carboxylic acids is 1. The third-order valence-electron chi connectivity index (χ3n) is 3.81. The molecule has 20 heavy (non-hydrogen) atoms. The van der Waals surface area contributed by atoms with E-state index < -0.39 is 0 Å². The number of benzene rings is 1. The molecule has 1 amide bonds. The number of methoxy groups -OCH3 is 1. The van der Waals surface area contributed by atoms with Crippen molar-refractivity contribution in [3.63, 3.8) is 0 Å². The molecule has 0 aromatic heterocycles. The standard InChI is InChI=1S/C16H24N2O2/c1-13-4-6-14(7-5-13)10-17(2)12-16(19)18-9-8-15(11-18)20-3/h4-7,15H,8-12H2,1-3H3. The maximum absolute atomic E-state index is 12.2. The highest BCUT2D eigenvalue weighted by molar-refractivity contribution is 5.78. The molecule has 0 spiro atoms. The lowest BCUT2D eigenvalue weighted by molar-refractivity contribution is -0.131. The zero-order valence-corrected chi connectivity index (χ0v) is 12.6. The van der Waals surface area contributed by atoms with Crippen LogP contribution in [0.2, 0.25) is 0 Å². The third kappa shape index (κ3) is 4.05. The van der Waals surface area contributed by atoms with Crippen LogP contribution < -0.4 is 0 Å². The van der Waals surface area contributed by atoms with E-state index in [0.717, 1.165) is 26.1 Å². The molecule has 1 heterocycles. The van der Waals surface area contributed by atoms with E-state index in [9.17, 15) is 4.79 Å². The third-order valence-corrected chi connectivity index (χ3v) is 3.81. The molecule has 1 fully saturated rings. The summed E-state index contributed by atoms with van der Waals surface area (Å²) in [6.45, 7) is 4.89. The minimum atomic E-state index is 0.194. The summed E-state index contributed by atoms with van der Waals surface area (Å²) in [6.07, 6.45) is 1.16. The normalized spacial score (nSPS) is 18.8. The molecule has 4 heteroatoms. The van der Waals surface area contributed by atoms with Gasteiger partial charge in [-0.1, -0.05) is 29.8 Å². The van der Waals surface area contributed by atoms with Crippen LogP contribution in [0.5, 0.6) is 0 Å². The van der Waals surface area contributed by atoms with Crippen LogP contribution in [0.4, 0.5) is 0 Å². The number of aryl methyl sites for hydroxylation is 1. The van der Waals surface area contributed by atoms with Crippen molar-refractivity contribution in [2.75, 3.05) is 33.8 Å². The Bertz CT molecular complexity index is 444. The van der Waals surface area contributed by atoms with Gasteiger partial charge < -0.3 is 9.64 Å². The minimum Gasteiger partial charge on any atom is -0.380 e. The monoisotopic (exact) mass is 276 g/mol. The Kier molecular flexibility index (Phi) is 5.15. The van der Waals surface area contributed by atoms with Gasteiger partial charge in [0.05, 0.1) is 12.6 Å². The summed E-state index contributed by atoms with van der Waals surface area (Å²) >= 11 is 0. The van der Waals surface area contributed by atoms with Gasteiger partial charge in [0.1, 0.15) is 0 Å². The molecule has 2 rings (SSSR count). The molecule has 1 aliphatic heterocycles. The molecule has 1 saturated heterocycles. The number of hydrogen-bond acceptors (Lipinski definition) is 3. The summed E-state index contributed by atoms with van der Waals surface area (Å²) in [4.78, 5) is 16.2. The molecule has 0 bridgehead atoms. The van der Waals surface area contributed by atoms with Crippen molar-refractivity contribution in [1.29, 1.82) is 0 Å². The Balaban J connectivity index is 1.80. The van der Waals surface area contributed by atoms with E-state index in [1.54, 1.807) is 7.11 Å². The van der Waals surface area contributed by atoms with Crippen molar-refractivity contribution in [3.8, 4) is 0 Å². The number of amides is 1. The first-order chi connectivity index (χ1) is 9.58. The van der Waals surface area contributed by atoms with Crippen LogP contribution in [-0.2, 0) is 16.1 Å². The highest BCUT2D eigenvalue weighted by atomic mass is 16.5. The van der Waals surface area contributed by atoms with Gasteiger partial charge in [-0.05, 0) is 26.0 Å². The van der Waals surface area contributed by atoms with Crippen LogP contribution in [0.1, 0.15) is 17.5 Å². The van der Waals surface area contributed by atoms with E-state index in [1.807, 2.05) is 11.9 Å². The van der Waals surface area contributed by atoms with Gasteiger partial charge >= 0.3 is 0 Å². The van der Waals surface area contributed by atoms with E-state index in [4.69, 9.17) is 4.74 Å². The van der Waals surface area contributed by atoms with Gasteiger partial charge in [-0.15, -0.1) is 0 Å². The molecule has 4 nitrogen and oxygen atoms in total. The number of rotatable bonds is 5. The summed E-state index contributed by atoms with van der Waals surface area (Å²) in [7, 11) is 3.70. The summed E-state index contributed by atoms with van der Waals surface area (Å²) in [5, 5.41) is 0. The molecule has 1 aliphatic rings. The van der Waals surface area contributed by atoms with Crippen molar-refractivity contribution < 1.29 is 9.53 Å². The first-order valence-electron chi connectivity index (χ1n) is 7.13. The van der Waals surface area contributed by atoms with Gasteiger partial charge in [0.15, 0.2) is 0 Å². The van der Waals surface area contributed by atoms with Crippen LogP contribution in [-0.4, -0.2) is 55.6 Å². The molecule has 110 valence electrons. The first-order valence-corrected chi connectivity index (χ1v) is 7.13. The Labute approximate surface area is 121 Å². The highest BCUT2D eigenvalue weighted by Crippen LogP contribution is 2.12. The fourth-order valence-corrected chi connectivity index (χ4v) is 2.54. The minimum absolute atomic E-state index is 0.194. The molecule has 1 unspecified atom stereocenters. The number of hydrogen-bond donors (Lipinski definition) is 0. The highest BCUT2D eigenvalue weighted by Gasteiger charge is 2.26. The zero-order chi connectivity index (χ0) is 14.5. The molecular weight excluding hydrogens is 252 g/mol. The molecular formula is C16H24N2O2. The number of nitrogens with zero attached hydrogens (tertiary/aromatic N) is 2. The lowest BCUT2D eigenvalue weighted by Gasteiger charge is -2.21. The van der Waals surface area contributed by atoms with Crippen LogP contribution in [0.3, 0.4) is 0 Å². The van der Waals surface area contributed by atoms with Crippen LogP contribution >= 0.6 is 0 Å². The second-order valence-corrected chi connectivity index (χ2v) is 5.64. The van der Waals surface area contributed by atoms with E-state index in [1.165, 1.54) is 11.1 Å². The average molecular weight is 276 g/mol. The van der Waals surface area contributed by atoms with E-state index in [0.29, 0.717) is 6.54 Å². The second kappa shape index (κ2) is 6.86. The largest absolute Gasteiger partial charge is 0.380 e. The molecule has 0 aliphatic carbocycles. The van der Waals surface area contributed by atoms with Crippen LogP contribution in [0, 0.1) is 6.92 Å². The van der Waals surface area contributed by atoms with Gasteiger partial charge in [-0.25, -0.2) is 0 Å². The smallest absolute Gasteiger partial charge is 0.236 e. The number of likely N-dealkylation sites (tertiary alicyclic amines) is 1. The second-order valence-electron chi connectivity index (χ2n) is 5.64. The SMILES string of the molecule is COC1CCN(C(=O)CN(C)Cc2ccc(C)cc2)C1. The van der Waals surface area contributed by atoms with Gasteiger partial charge in [0.25, 0.3) is 0 Å². The Morgan fingerprint density at radius 2 is 2.10 bits per heavy atom.